The molecule has 0 unspecified atom stereocenters. The van der Waals surface area contributed by atoms with E-state index in [1.165, 1.54) is 24.0 Å². The number of hydrogen-bond donors (Lipinski definition) is 1. The maximum absolute atomic E-state index is 12.4. The van der Waals surface area contributed by atoms with E-state index in [0.717, 1.165) is 19.3 Å². The van der Waals surface area contributed by atoms with Gasteiger partial charge in [-0.05, 0) is 54.6 Å². The van der Waals surface area contributed by atoms with Crippen molar-refractivity contribution in [3.63, 3.8) is 0 Å². The zero-order valence-corrected chi connectivity index (χ0v) is 14.5. The Balaban J connectivity index is 1.60. The Labute approximate surface area is 139 Å². The van der Waals surface area contributed by atoms with Crippen LogP contribution in [0.15, 0.2) is 24.3 Å². The summed E-state index contributed by atoms with van der Waals surface area (Å²) in [6, 6.07) is 8.49. The van der Waals surface area contributed by atoms with Gasteiger partial charge in [-0.25, -0.2) is 4.79 Å². The Morgan fingerprint density at radius 3 is 2.78 bits per heavy atom. The molecule has 1 aromatic rings. The SMILES string of the molecule is CC(C)[C@@H]1CC[C@@H](C)C[C@H]1OC(=O)N[C@H]1CCc2ccccc21. The lowest BCUT2D eigenvalue weighted by Gasteiger charge is -2.36. The first-order chi connectivity index (χ1) is 11.0. The molecule has 0 bridgehead atoms. The van der Waals surface area contributed by atoms with Gasteiger partial charge in [-0.2, -0.15) is 0 Å². The fourth-order valence-corrected chi connectivity index (χ4v) is 4.27. The van der Waals surface area contributed by atoms with Gasteiger partial charge >= 0.3 is 6.09 Å². The van der Waals surface area contributed by atoms with Crippen molar-refractivity contribution in [1.29, 1.82) is 0 Å². The quantitative estimate of drug-likeness (QED) is 0.865. The van der Waals surface area contributed by atoms with Gasteiger partial charge in [0.2, 0.25) is 0 Å². The van der Waals surface area contributed by atoms with Crippen LogP contribution in [0.3, 0.4) is 0 Å². The van der Waals surface area contributed by atoms with Crippen LogP contribution in [-0.4, -0.2) is 12.2 Å². The van der Waals surface area contributed by atoms with E-state index in [1.807, 2.05) is 6.07 Å². The lowest BCUT2D eigenvalue weighted by molar-refractivity contribution is 0.00494. The number of rotatable bonds is 3. The number of ether oxygens (including phenoxy) is 1. The highest BCUT2D eigenvalue weighted by atomic mass is 16.6. The molecule has 1 saturated carbocycles. The molecule has 0 aliphatic heterocycles. The summed E-state index contributed by atoms with van der Waals surface area (Å²) in [5.41, 5.74) is 2.60. The molecule has 2 aliphatic rings. The predicted molar refractivity (Wildman–Crippen MR) is 92.3 cm³/mol. The second-order valence-corrected chi connectivity index (χ2v) is 7.70. The number of amides is 1. The minimum absolute atomic E-state index is 0.0652. The van der Waals surface area contributed by atoms with Gasteiger partial charge in [-0.15, -0.1) is 0 Å². The van der Waals surface area contributed by atoms with Crippen LogP contribution >= 0.6 is 0 Å². The fourth-order valence-electron chi connectivity index (χ4n) is 4.27. The average Bonchev–Trinajstić information content (AvgIpc) is 2.90. The molecule has 3 heteroatoms. The van der Waals surface area contributed by atoms with Crippen LogP contribution in [0.4, 0.5) is 4.79 Å². The highest BCUT2D eigenvalue weighted by Gasteiger charge is 2.34. The molecule has 2 aliphatic carbocycles. The van der Waals surface area contributed by atoms with E-state index in [1.54, 1.807) is 0 Å². The number of alkyl carbamates (subject to hydrolysis) is 1. The van der Waals surface area contributed by atoms with E-state index < -0.39 is 0 Å². The van der Waals surface area contributed by atoms with E-state index in [4.69, 9.17) is 4.74 Å². The molecule has 0 spiro atoms. The zero-order chi connectivity index (χ0) is 16.4. The van der Waals surface area contributed by atoms with Crippen molar-refractivity contribution in [3.05, 3.63) is 35.4 Å². The van der Waals surface area contributed by atoms with Crippen LogP contribution in [-0.2, 0) is 11.2 Å². The van der Waals surface area contributed by atoms with Crippen molar-refractivity contribution in [2.24, 2.45) is 17.8 Å². The summed E-state index contributed by atoms with van der Waals surface area (Å²) in [5.74, 6) is 1.70. The topological polar surface area (TPSA) is 38.3 Å². The third-order valence-corrected chi connectivity index (χ3v) is 5.64. The molecule has 1 fully saturated rings. The molecule has 0 radical (unpaired) electrons. The van der Waals surface area contributed by atoms with Gasteiger partial charge in [0.25, 0.3) is 0 Å². The largest absolute Gasteiger partial charge is 0.446 e. The lowest BCUT2D eigenvalue weighted by atomic mass is 9.75. The number of carbonyl (C=O) groups is 1. The van der Waals surface area contributed by atoms with Gasteiger partial charge in [0.1, 0.15) is 6.10 Å². The van der Waals surface area contributed by atoms with Gasteiger partial charge in [0.05, 0.1) is 6.04 Å². The third kappa shape index (κ3) is 3.70. The molecule has 1 aromatic carbocycles. The number of nitrogens with one attached hydrogen (secondary N) is 1. The second kappa shape index (κ2) is 6.94. The smallest absolute Gasteiger partial charge is 0.407 e. The van der Waals surface area contributed by atoms with E-state index in [9.17, 15) is 4.79 Å². The van der Waals surface area contributed by atoms with E-state index in [0.29, 0.717) is 17.8 Å². The molecule has 1 N–H and O–H groups in total. The Bertz CT molecular complexity index is 554. The van der Waals surface area contributed by atoms with Crippen molar-refractivity contribution in [1.82, 2.24) is 5.32 Å². The van der Waals surface area contributed by atoms with E-state index in [2.05, 4.69) is 44.3 Å². The van der Waals surface area contributed by atoms with E-state index in [-0.39, 0.29) is 18.2 Å². The lowest BCUT2D eigenvalue weighted by Crippen LogP contribution is -2.39. The molecule has 0 saturated heterocycles. The van der Waals surface area contributed by atoms with Crippen molar-refractivity contribution >= 4 is 6.09 Å². The van der Waals surface area contributed by atoms with Gasteiger partial charge in [-0.3, -0.25) is 0 Å². The molecule has 23 heavy (non-hydrogen) atoms. The summed E-state index contributed by atoms with van der Waals surface area (Å²) in [6.07, 6.45) is 5.26. The standard InChI is InChI=1S/C20H29NO2/c1-13(2)16-10-8-14(3)12-19(16)23-20(22)21-18-11-9-15-6-4-5-7-17(15)18/h4-7,13-14,16,18-19H,8-12H2,1-3H3,(H,21,22)/t14-,16+,18+,19-/m1/s1. The van der Waals surface area contributed by atoms with Crippen LogP contribution < -0.4 is 5.32 Å². The summed E-state index contributed by atoms with van der Waals surface area (Å²) in [4.78, 5) is 12.4. The number of aryl methyl sites for hydroxylation is 1. The van der Waals surface area contributed by atoms with E-state index >= 15 is 0 Å². The minimum atomic E-state index is -0.239. The maximum atomic E-state index is 12.4. The van der Waals surface area contributed by atoms with Crippen LogP contribution in [0.2, 0.25) is 0 Å². The van der Waals surface area contributed by atoms with Gasteiger partial charge in [0.15, 0.2) is 0 Å². The average molecular weight is 315 g/mol. The van der Waals surface area contributed by atoms with Gasteiger partial charge in [-0.1, -0.05) is 51.5 Å². The van der Waals surface area contributed by atoms with Crippen LogP contribution in [0.5, 0.6) is 0 Å². The molecule has 0 heterocycles. The zero-order valence-electron chi connectivity index (χ0n) is 14.5. The van der Waals surface area contributed by atoms with Gasteiger partial charge in [0, 0.05) is 0 Å². The summed E-state index contributed by atoms with van der Waals surface area (Å²) >= 11 is 0. The maximum Gasteiger partial charge on any atom is 0.407 e. The fraction of sp³-hybridized carbons (Fsp3) is 0.650. The first-order valence-electron chi connectivity index (χ1n) is 9.09. The number of hydrogen-bond acceptors (Lipinski definition) is 2. The summed E-state index contributed by atoms with van der Waals surface area (Å²) in [5, 5.41) is 3.10. The normalized spacial score (nSPS) is 30.1. The molecule has 0 aromatic heterocycles. The molecular weight excluding hydrogens is 286 g/mol. The van der Waals surface area contributed by atoms with Crippen molar-refractivity contribution in [3.8, 4) is 0 Å². The third-order valence-electron chi connectivity index (χ3n) is 5.64. The van der Waals surface area contributed by atoms with Crippen molar-refractivity contribution in [2.75, 3.05) is 0 Å². The summed E-state index contributed by atoms with van der Waals surface area (Å²) < 4.78 is 5.86. The predicted octanol–water partition coefficient (Wildman–Crippen LogP) is 4.86. The highest BCUT2D eigenvalue weighted by molar-refractivity contribution is 5.68. The Morgan fingerprint density at radius 1 is 1.22 bits per heavy atom. The number of fused-ring (bicyclic) bond motifs is 1. The Kier molecular flexibility index (Phi) is 4.93. The first kappa shape index (κ1) is 16.4. The molecule has 126 valence electrons. The molecular formula is C20H29NO2. The second-order valence-electron chi connectivity index (χ2n) is 7.70. The van der Waals surface area contributed by atoms with Gasteiger partial charge < -0.3 is 10.1 Å². The monoisotopic (exact) mass is 315 g/mol. The Morgan fingerprint density at radius 2 is 2.00 bits per heavy atom. The Hall–Kier alpha value is -1.51. The van der Waals surface area contributed by atoms with Crippen LogP contribution in [0, 0.1) is 17.8 Å². The van der Waals surface area contributed by atoms with Crippen molar-refractivity contribution < 1.29 is 9.53 Å². The number of carbonyl (C=O) groups excluding carboxylic acids is 1. The highest BCUT2D eigenvalue weighted by Crippen LogP contribution is 2.36. The molecule has 3 nitrogen and oxygen atoms in total. The van der Waals surface area contributed by atoms with Crippen molar-refractivity contribution in [2.45, 2.75) is 65.0 Å². The molecule has 4 atom stereocenters. The minimum Gasteiger partial charge on any atom is -0.446 e. The number of benzene rings is 1. The summed E-state index contributed by atoms with van der Waals surface area (Å²) in [6.45, 7) is 6.74. The first-order valence-corrected chi connectivity index (χ1v) is 9.09. The molecule has 3 rings (SSSR count). The van der Waals surface area contributed by atoms with Crippen LogP contribution in [0.1, 0.15) is 63.6 Å². The summed E-state index contributed by atoms with van der Waals surface area (Å²) in [7, 11) is 0. The molecule has 1 amide bonds. The van der Waals surface area contributed by atoms with Crippen LogP contribution in [0.25, 0.3) is 0 Å².